The van der Waals surface area contributed by atoms with Crippen LogP contribution in [-0.2, 0) is 4.57 Å². The first-order chi connectivity index (χ1) is 10.0. The zero-order valence-electron chi connectivity index (χ0n) is 12.5. The summed E-state index contributed by atoms with van der Waals surface area (Å²) in [7, 11) is -3.56. The standard InChI is InChI=1S/C17H21O3P/c1-3-4-12-21(18,19)20-16-11-10-14(2)17(13-16)15-8-6-5-7-9-15/h5-11,13H,3-4,12H2,1-2H3,(H,18,19). The fourth-order valence-electron chi connectivity index (χ4n) is 2.15. The quantitative estimate of drug-likeness (QED) is 0.762. The number of unbranched alkanes of at least 4 members (excludes halogenated alkanes) is 1. The van der Waals surface area contributed by atoms with Crippen LogP contribution >= 0.6 is 7.60 Å². The molecule has 0 amide bonds. The Kier molecular flexibility index (Phi) is 5.22. The van der Waals surface area contributed by atoms with Crippen LogP contribution in [0, 0.1) is 6.92 Å². The third kappa shape index (κ3) is 4.45. The van der Waals surface area contributed by atoms with Gasteiger partial charge in [-0.2, -0.15) is 0 Å². The summed E-state index contributed by atoms with van der Waals surface area (Å²) in [4.78, 5) is 9.86. The minimum atomic E-state index is -3.56. The highest BCUT2D eigenvalue weighted by Gasteiger charge is 2.20. The number of hydrogen-bond acceptors (Lipinski definition) is 2. The monoisotopic (exact) mass is 304 g/mol. The maximum atomic E-state index is 12.0. The van der Waals surface area contributed by atoms with Crippen molar-refractivity contribution in [3.05, 3.63) is 54.1 Å². The Morgan fingerprint density at radius 3 is 2.52 bits per heavy atom. The van der Waals surface area contributed by atoms with Gasteiger partial charge >= 0.3 is 7.60 Å². The molecule has 1 atom stereocenters. The number of benzene rings is 2. The van der Waals surface area contributed by atoms with E-state index in [-0.39, 0.29) is 6.16 Å². The molecule has 0 aromatic heterocycles. The zero-order chi connectivity index (χ0) is 15.3. The molecule has 2 aromatic rings. The fraction of sp³-hybridized carbons (Fsp3) is 0.294. The summed E-state index contributed by atoms with van der Waals surface area (Å²) in [5.41, 5.74) is 3.19. The van der Waals surface area contributed by atoms with Gasteiger partial charge in [-0.1, -0.05) is 49.7 Å². The predicted molar refractivity (Wildman–Crippen MR) is 86.8 cm³/mol. The fourth-order valence-corrected chi connectivity index (χ4v) is 3.41. The highest BCUT2D eigenvalue weighted by Crippen LogP contribution is 2.44. The van der Waals surface area contributed by atoms with Crippen molar-refractivity contribution in [2.75, 3.05) is 6.16 Å². The second-order valence-corrected chi connectivity index (χ2v) is 7.05. The van der Waals surface area contributed by atoms with E-state index in [0.717, 1.165) is 23.1 Å². The highest BCUT2D eigenvalue weighted by molar-refractivity contribution is 7.53. The molecule has 2 aromatic carbocycles. The van der Waals surface area contributed by atoms with E-state index >= 15 is 0 Å². The summed E-state index contributed by atoms with van der Waals surface area (Å²) in [6, 6.07) is 15.4. The molecule has 21 heavy (non-hydrogen) atoms. The molecule has 0 aliphatic heterocycles. The summed E-state index contributed by atoms with van der Waals surface area (Å²) in [6.07, 6.45) is 1.75. The molecule has 3 nitrogen and oxygen atoms in total. The summed E-state index contributed by atoms with van der Waals surface area (Å²) >= 11 is 0. The lowest BCUT2D eigenvalue weighted by Gasteiger charge is -2.15. The maximum Gasteiger partial charge on any atom is 0.376 e. The van der Waals surface area contributed by atoms with E-state index in [4.69, 9.17) is 4.52 Å². The van der Waals surface area contributed by atoms with Gasteiger partial charge in [0.2, 0.25) is 0 Å². The number of aryl methyl sites for hydroxylation is 1. The largest absolute Gasteiger partial charge is 0.424 e. The molecule has 0 spiro atoms. The molecule has 2 rings (SSSR count). The van der Waals surface area contributed by atoms with Gasteiger partial charge in [0.05, 0.1) is 6.16 Å². The molecule has 1 N–H and O–H groups in total. The summed E-state index contributed by atoms with van der Waals surface area (Å²) in [5, 5.41) is 0. The van der Waals surface area contributed by atoms with Crippen molar-refractivity contribution in [1.82, 2.24) is 0 Å². The molecule has 0 aliphatic rings. The van der Waals surface area contributed by atoms with Gasteiger partial charge in [0.15, 0.2) is 0 Å². The van der Waals surface area contributed by atoms with E-state index in [1.54, 1.807) is 6.07 Å². The van der Waals surface area contributed by atoms with Gasteiger partial charge < -0.3 is 9.42 Å². The van der Waals surface area contributed by atoms with Crippen LogP contribution in [0.25, 0.3) is 11.1 Å². The van der Waals surface area contributed by atoms with Gasteiger partial charge in [-0.15, -0.1) is 0 Å². The number of rotatable bonds is 6. The molecular formula is C17H21O3P. The van der Waals surface area contributed by atoms with Gasteiger partial charge in [-0.05, 0) is 42.2 Å². The number of hydrogen-bond donors (Lipinski definition) is 1. The van der Waals surface area contributed by atoms with E-state index in [2.05, 4.69) is 0 Å². The van der Waals surface area contributed by atoms with Crippen LogP contribution in [-0.4, -0.2) is 11.1 Å². The first kappa shape index (κ1) is 15.8. The van der Waals surface area contributed by atoms with Crippen molar-refractivity contribution in [3.8, 4) is 16.9 Å². The van der Waals surface area contributed by atoms with E-state index < -0.39 is 7.60 Å². The lowest BCUT2D eigenvalue weighted by atomic mass is 10.0. The van der Waals surface area contributed by atoms with Crippen LogP contribution in [0.1, 0.15) is 25.3 Å². The van der Waals surface area contributed by atoms with Crippen LogP contribution in [0.5, 0.6) is 5.75 Å². The summed E-state index contributed by atoms with van der Waals surface area (Å²) < 4.78 is 17.3. The normalized spacial score (nSPS) is 13.7. The molecule has 1 unspecified atom stereocenters. The minimum absolute atomic E-state index is 0.193. The predicted octanol–water partition coefficient (Wildman–Crippen LogP) is 5.03. The Labute approximate surface area is 126 Å². The lowest BCUT2D eigenvalue weighted by Crippen LogP contribution is -1.97. The Bertz CT molecular complexity index is 638. The molecule has 0 saturated carbocycles. The van der Waals surface area contributed by atoms with Crippen molar-refractivity contribution in [3.63, 3.8) is 0 Å². The van der Waals surface area contributed by atoms with Crippen molar-refractivity contribution in [2.45, 2.75) is 26.7 Å². The third-order valence-corrected chi connectivity index (χ3v) is 4.71. The maximum absolute atomic E-state index is 12.0. The molecule has 0 bridgehead atoms. The van der Waals surface area contributed by atoms with Gasteiger partial charge in [0.25, 0.3) is 0 Å². The second-order valence-electron chi connectivity index (χ2n) is 5.15. The highest BCUT2D eigenvalue weighted by atomic mass is 31.2. The first-order valence-electron chi connectivity index (χ1n) is 7.19. The van der Waals surface area contributed by atoms with Gasteiger partial charge in [-0.3, -0.25) is 0 Å². The average molecular weight is 304 g/mol. The smallest absolute Gasteiger partial charge is 0.376 e. The van der Waals surface area contributed by atoms with Crippen molar-refractivity contribution >= 4 is 7.60 Å². The SMILES string of the molecule is CCCCP(=O)(O)Oc1ccc(C)c(-c2ccccc2)c1. The molecule has 0 aliphatic carbocycles. The van der Waals surface area contributed by atoms with E-state index in [9.17, 15) is 9.46 Å². The van der Waals surface area contributed by atoms with Crippen LogP contribution in [0.4, 0.5) is 0 Å². The Morgan fingerprint density at radius 2 is 1.86 bits per heavy atom. The zero-order valence-corrected chi connectivity index (χ0v) is 13.3. The summed E-state index contributed by atoms with van der Waals surface area (Å²) in [6.45, 7) is 4.00. The Balaban J connectivity index is 2.25. The Morgan fingerprint density at radius 1 is 1.14 bits per heavy atom. The Hall–Kier alpha value is -1.57. The second kappa shape index (κ2) is 6.93. The van der Waals surface area contributed by atoms with E-state index in [0.29, 0.717) is 12.2 Å². The van der Waals surface area contributed by atoms with Crippen molar-refractivity contribution < 1.29 is 14.0 Å². The first-order valence-corrected chi connectivity index (χ1v) is 8.95. The van der Waals surface area contributed by atoms with Crippen molar-refractivity contribution in [1.29, 1.82) is 0 Å². The van der Waals surface area contributed by atoms with E-state index in [1.807, 2.05) is 56.3 Å². The molecule has 0 heterocycles. The van der Waals surface area contributed by atoms with Crippen LogP contribution in [0.3, 0.4) is 0 Å². The van der Waals surface area contributed by atoms with E-state index in [1.165, 1.54) is 0 Å². The lowest BCUT2D eigenvalue weighted by molar-refractivity contribution is 0.378. The average Bonchev–Trinajstić information content (AvgIpc) is 2.48. The molecular weight excluding hydrogens is 283 g/mol. The van der Waals surface area contributed by atoms with Crippen LogP contribution in [0.15, 0.2) is 48.5 Å². The molecule has 112 valence electrons. The minimum Gasteiger partial charge on any atom is -0.424 e. The third-order valence-electron chi connectivity index (χ3n) is 3.34. The van der Waals surface area contributed by atoms with Gasteiger partial charge in [0, 0.05) is 0 Å². The molecule has 4 heteroatoms. The van der Waals surface area contributed by atoms with Gasteiger partial charge in [0.1, 0.15) is 5.75 Å². The summed E-state index contributed by atoms with van der Waals surface area (Å²) in [5.74, 6) is 0.446. The molecule has 0 fully saturated rings. The van der Waals surface area contributed by atoms with Crippen LogP contribution < -0.4 is 4.52 Å². The van der Waals surface area contributed by atoms with Gasteiger partial charge in [-0.25, -0.2) is 4.57 Å². The van der Waals surface area contributed by atoms with Crippen molar-refractivity contribution in [2.24, 2.45) is 0 Å². The molecule has 0 saturated heterocycles. The molecule has 0 radical (unpaired) electrons. The van der Waals surface area contributed by atoms with Crippen LogP contribution in [0.2, 0.25) is 0 Å². The topological polar surface area (TPSA) is 46.5 Å².